The molecular formula is C21H37IN6OS. The van der Waals surface area contributed by atoms with Gasteiger partial charge < -0.3 is 20.4 Å². The molecule has 3 heterocycles. The molecular weight excluding hydrogens is 511 g/mol. The van der Waals surface area contributed by atoms with E-state index in [2.05, 4.69) is 27.8 Å². The zero-order valence-electron chi connectivity index (χ0n) is 18.5. The van der Waals surface area contributed by atoms with E-state index < -0.39 is 0 Å². The highest BCUT2D eigenvalue weighted by atomic mass is 127. The lowest BCUT2D eigenvalue weighted by Gasteiger charge is -2.34. The second-order valence-corrected chi connectivity index (χ2v) is 9.06. The van der Waals surface area contributed by atoms with Gasteiger partial charge in [0.15, 0.2) is 11.1 Å². The predicted octanol–water partition coefficient (Wildman–Crippen LogP) is 3.11. The average Bonchev–Trinajstić information content (AvgIpc) is 3.40. The molecule has 1 amide bonds. The van der Waals surface area contributed by atoms with E-state index in [0.29, 0.717) is 6.04 Å². The average molecular weight is 549 g/mol. The minimum atomic E-state index is 0. The van der Waals surface area contributed by atoms with Gasteiger partial charge in [0, 0.05) is 63.0 Å². The van der Waals surface area contributed by atoms with Gasteiger partial charge in [-0.05, 0) is 32.6 Å². The number of hydrogen-bond acceptors (Lipinski definition) is 5. The number of hydrogen-bond donors (Lipinski definition) is 2. The normalized spacial score (nSPS) is 17.9. The van der Waals surface area contributed by atoms with Crippen molar-refractivity contribution in [1.29, 1.82) is 0 Å². The third-order valence-corrected chi connectivity index (χ3v) is 6.49. The Balaban J connectivity index is 0.00000320. The molecule has 2 aliphatic heterocycles. The van der Waals surface area contributed by atoms with Crippen LogP contribution in [0, 0.1) is 5.92 Å². The van der Waals surface area contributed by atoms with Crippen LogP contribution in [0.15, 0.2) is 10.4 Å². The highest BCUT2D eigenvalue weighted by Gasteiger charge is 2.24. The number of aliphatic imine (C=N–C) groups is 1. The van der Waals surface area contributed by atoms with E-state index in [1.807, 2.05) is 18.7 Å². The molecule has 0 atom stereocenters. The zero-order chi connectivity index (χ0) is 20.6. The van der Waals surface area contributed by atoms with Crippen LogP contribution < -0.4 is 15.5 Å². The first-order chi connectivity index (χ1) is 14.1. The summed E-state index contributed by atoms with van der Waals surface area (Å²) in [6, 6.07) is 0.366. The minimum Gasteiger partial charge on any atom is -0.357 e. The summed E-state index contributed by atoms with van der Waals surface area (Å²) in [5.74, 6) is 1.21. The Kier molecular flexibility index (Phi) is 10.6. The van der Waals surface area contributed by atoms with Crippen LogP contribution in [0.1, 0.15) is 52.1 Å². The van der Waals surface area contributed by atoms with E-state index in [4.69, 9.17) is 9.98 Å². The Morgan fingerprint density at radius 1 is 1.27 bits per heavy atom. The monoisotopic (exact) mass is 548 g/mol. The van der Waals surface area contributed by atoms with Crippen molar-refractivity contribution in [1.82, 2.24) is 20.5 Å². The summed E-state index contributed by atoms with van der Waals surface area (Å²) in [6.07, 6.45) is 5.35. The van der Waals surface area contributed by atoms with E-state index >= 15 is 0 Å². The molecule has 170 valence electrons. The molecule has 9 heteroatoms. The number of likely N-dealkylation sites (tertiary alicyclic amines) is 1. The highest BCUT2D eigenvalue weighted by Crippen LogP contribution is 2.24. The van der Waals surface area contributed by atoms with Crippen LogP contribution in [-0.4, -0.2) is 67.1 Å². The van der Waals surface area contributed by atoms with Gasteiger partial charge in [-0.1, -0.05) is 13.8 Å². The van der Waals surface area contributed by atoms with Crippen molar-refractivity contribution in [2.24, 2.45) is 10.9 Å². The van der Waals surface area contributed by atoms with Crippen LogP contribution in [-0.2, 0) is 11.2 Å². The SMILES string of the molecule is CCNC(=NCCc1csc(N2CCCC2)n1)NC1CCN(C(=O)C(C)C)CC1.I. The van der Waals surface area contributed by atoms with Crippen LogP contribution in [0.5, 0.6) is 0 Å². The topological polar surface area (TPSA) is 72.9 Å². The van der Waals surface area contributed by atoms with Crippen molar-refractivity contribution in [2.75, 3.05) is 44.2 Å². The maximum atomic E-state index is 12.2. The van der Waals surface area contributed by atoms with Crippen LogP contribution in [0.2, 0.25) is 0 Å². The number of guanidine groups is 1. The molecule has 0 unspecified atom stereocenters. The van der Waals surface area contributed by atoms with Crippen molar-refractivity contribution in [2.45, 2.75) is 58.9 Å². The molecule has 1 aromatic heterocycles. The molecule has 3 rings (SSSR count). The molecule has 2 aliphatic rings. The first-order valence-electron chi connectivity index (χ1n) is 11.1. The summed E-state index contributed by atoms with van der Waals surface area (Å²) in [4.78, 5) is 26.1. The third kappa shape index (κ3) is 7.25. The van der Waals surface area contributed by atoms with Gasteiger partial charge in [-0.25, -0.2) is 4.98 Å². The molecule has 0 radical (unpaired) electrons. The Hall–Kier alpha value is -1.10. The molecule has 2 saturated heterocycles. The number of thiazole rings is 1. The van der Waals surface area contributed by atoms with Gasteiger partial charge in [0.2, 0.25) is 5.91 Å². The quantitative estimate of drug-likeness (QED) is 0.311. The lowest BCUT2D eigenvalue weighted by atomic mass is 10.0. The molecule has 7 nitrogen and oxygen atoms in total. The van der Waals surface area contributed by atoms with E-state index in [-0.39, 0.29) is 35.8 Å². The standard InChI is InChI=1S/C21H36N6OS.HI/c1-4-22-20(24-17-8-13-26(14-9-17)19(28)16(2)3)23-10-7-18-15-29-21(25-18)27-11-5-6-12-27;/h15-17H,4-14H2,1-3H3,(H2,22,23,24);1H. The summed E-state index contributed by atoms with van der Waals surface area (Å²) in [5.41, 5.74) is 1.14. The van der Waals surface area contributed by atoms with Crippen LogP contribution in [0.3, 0.4) is 0 Å². The first kappa shape index (κ1) is 25.2. The molecule has 0 aliphatic carbocycles. The predicted molar refractivity (Wildman–Crippen MR) is 136 cm³/mol. The van der Waals surface area contributed by atoms with Gasteiger partial charge in [-0.15, -0.1) is 35.3 Å². The number of nitrogens with zero attached hydrogens (tertiary/aromatic N) is 4. The van der Waals surface area contributed by atoms with Crippen molar-refractivity contribution >= 4 is 52.3 Å². The molecule has 2 N–H and O–H groups in total. The number of carbonyl (C=O) groups excluding carboxylic acids is 1. The summed E-state index contributed by atoms with van der Waals surface area (Å²) in [6.45, 7) is 11.5. The number of carbonyl (C=O) groups is 1. The third-order valence-electron chi connectivity index (χ3n) is 5.54. The maximum absolute atomic E-state index is 12.2. The van der Waals surface area contributed by atoms with Gasteiger partial charge in [-0.2, -0.15) is 0 Å². The van der Waals surface area contributed by atoms with Crippen molar-refractivity contribution in [3.63, 3.8) is 0 Å². The lowest BCUT2D eigenvalue weighted by Crippen LogP contribution is -2.50. The number of nitrogens with one attached hydrogen (secondary N) is 2. The number of amides is 1. The molecule has 0 bridgehead atoms. The molecule has 0 aromatic carbocycles. The fraction of sp³-hybridized carbons (Fsp3) is 0.762. The number of aromatic nitrogens is 1. The Morgan fingerprint density at radius 3 is 2.60 bits per heavy atom. The van der Waals surface area contributed by atoms with Gasteiger partial charge in [0.1, 0.15) is 0 Å². The summed E-state index contributed by atoms with van der Waals surface area (Å²) in [5, 5.41) is 10.2. The fourth-order valence-electron chi connectivity index (χ4n) is 3.87. The van der Waals surface area contributed by atoms with Crippen molar-refractivity contribution < 1.29 is 4.79 Å². The smallest absolute Gasteiger partial charge is 0.225 e. The Labute approximate surface area is 202 Å². The minimum absolute atomic E-state index is 0. The largest absolute Gasteiger partial charge is 0.357 e. The maximum Gasteiger partial charge on any atom is 0.225 e. The molecule has 1 aromatic rings. The lowest BCUT2D eigenvalue weighted by molar-refractivity contribution is -0.135. The Bertz CT molecular complexity index is 681. The van der Waals surface area contributed by atoms with Gasteiger partial charge in [0.05, 0.1) is 5.69 Å². The summed E-state index contributed by atoms with van der Waals surface area (Å²) < 4.78 is 0. The van der Waals surface area contributed by atoms with E-state index in [9.17, 15) is 4.79 Å². The molecule has 2 fully saturated rings. The fourth-order valence-corrected chi connectivity index (χ4v) is 4.78. The van der Waals surface area contributed by atoms with E-state index in [0.717, 1.165) is 75.3 Å². The number of halogens is 1. The zero-order valence-corrected chi connectivity index (χ0v) is 21.7. The summed E-state index contributed by atoms with van der Waals surface area (Å²) in [7, 11) is 0. The van der Waals surface area contributed by atoms with Gasteiger partial charge in [-0.3, -0.25) is 9.79 Å². The van der Waals surface area contributed by atoms with Crippen LogP contribution >= 0.6 is 35.3 Å². The highest BCUT2D eigenvalue weighted by molar-refractivity contribution is 14.0. The van der Waals surface area contributed by atoms with Crippen LogP contribution in [0.25, 0.3) is 0 Å². The Morgan fingerprint density at radius 2 is 1.97 bits per heavy atom. The second-order valence-electron chi connectivity index (χ2n) is 8.22. The van der Waals surface area contributed by atoms with Gasteiger partial charge in [0.25, 0.3) is 0 Å². The van der Waals surface area contributed by atoms with Crippen LogP contribution in [0.4, 0.5) is 5.13 Å². The molecule has 0 saturated carbocycles. The number of anilines is 1. The van der Waals surface area contributed by atoms with Gasteiger partial charge >= 0.3 is 0 Å². The second kappa shape index (κ2) is 12.7. The van der Waals surface area contributed by atoms with E-state index in [1.54, 1.807) is 11.3 Å². The number of piperidine rings is 1. The van der Waals surface area contributed by atoms with Crippen molar-refractivity contribution in [3.05, 3.63) is 11.1 Å². The van der Waals surface area contributed by atoms with Crippen molar-refractivity contribution in [3.8, 4) is 0 Å². The molecule has 30 heavy (non-hydrogen) atoms. The molecule has 0 spiro atoms. The summed E-state index contributed by atoms with van der Waals surface area (Å²) >= 11 is 1.75. The number of rotatable bonds is 7. The van der Waals surface area contributed by atoms with E-state index in [1.165, 1.54) is 12.8 Å². The first-order valence-corrected chi connectivity index (χ1v) is 12.0.